The summed E-state index contributed by atoms with van der Waals surface area (Å²) in [6.07, 6.45) is -0.586. The quantitative estimate of drug-likeness (QED) is 0.451. The molecule has 142 valence electrons. The molecule has 6 nitrogen and oxygen atoms in total. The van der Waals surface area contributed by atoms with Crippen molar-refractivity contribution in [1.29, 1.82) is 0 Å². The van der Waals surface area contributed by atoms with E-state index in [9.17, 15) is 9.36 Å². The van der Waals surface area contributed by atoms with E-state index in [2.05, 4.69) is 21.2 Å². The molecule has 0 aliphatic heterocycles. The van der Waals surface area contributed by atoms with Crippen LogP contribution in [0, 0.1) is 0 Å². The van der Waals surface area contributed by atoms with Crippen molar-refractivity contribution in [1.82, 2.24) is 5.32 Å². The van der Waals surface area contributed by atoms with E-state index in [1.807, 2.05) is 12.1 Å². The first-order chi connectivity index (χ1) is 11.6. The Morgan fingerprint density at radius 2 is 1.56 bits per heavy atom. The molecule has 25 heavy (non-hydrogen) atoms. The summed E-state index contributed by atoms with van der Waals surface area (Å²) < 4.78 is 29.1. The molecule has 1 N–H and O–H groups in total. The van der Waals surface area contributed by atoms with Crippen LogP contribution in [0.1, 0.15) is 46.2 Å². The van der Waals surface area contributed by atoms with Gasteiger partial charge in [-0.2, -0.15) is 0 Å². The van der Waals surface area contributed by atoms with Gasteiger partial charge in [0.1, 0.15) is 10.3 Å². The summed E-state index contributed by atoms with van der Waals surface area (Å²) in [5, 5.41) is 2.83. The molecule has 0 fully saturated rings. The minimum absolute atomic E-state index is 0.245. The molecule has 1 aromatic rings. The van der Waals surface area contributed by atoms with Crippen molar-refractivity contribution in [3.63, 3.8) is 0 Å². The normalized spacial score (nSPS) is 14.4. The SMILES string of the molecule is COc1ccc(C(NC(C)=O)C(Br)P(=O)(OC(C)C)OC(C)C)cc1. The standard InChI is InChI=1S/C17H27BrNO5P/c1-11(2)23-25(21,24-12(3)4)17(18)16(19-13(5)20)14-7-9-15(22-6)10-8-14/h7-12,16-17H,1-6H3,(H,19,20). The lowest BCUT2D eigenvalue weighted by atomic mass is 10.1. The number of rotatable bonds is 9. The Morgan fingerprint density at radius 1 is 1.08 bits per heavy atom. The van der Waals surface area contributed by atoms with Crippen molar-refractivity contribution in [2.75, 3.05) is 7.11 Å². The molecule has 0 heterocycles. The van der Waals surface area contributed by atoms with E-state index in [1.54, 1.807) is 46.9 Å². The minimum atomic E-state index is -3.55. The Kier molecular flexibility index (Phi) is 8.61. The highest BCUT2D eigenvalue weighted by molar-refractivity contribution is 9.10. The summed E-state index contributed by atoms with van der Waals surface area (Å²) in [5.74, 6) is 0.447. The third-order valence-corrected chi connectivity index (χ3v) is 7.49. The third kappa shape index (κ3) is 6.74. The number of benzene rings is 1. The second-order valence-corrected chi connectivity index (χ2v) is 9.92. The summed E-state index contributed by atoms with van der Waals surface area (Å²) in [6.45, 7) is 8.56. The number of amides is 1. The predicted octanol–water partition coefficient (Wildman–Crippen LogP) is 4.64. The highest BCUT2D eigenvalue weighted by Crippen LogP contribution is 2.61. The largest absolute Gasteiger partial charge is 0.497 e. The number of hydrogen-bond acceptors (Lipinski definition) is 5. The summed E-state index contributed by atoms with van der Waals surface area (Å²) in [7, 11) is -1.97. The van der Waals surface area contributed by atoms with E-state index in [4.69, 9.17) is 13.8 Å². The number of methoxy groups -OCH3 is 1. The maximum atomic E-state index is 13.4. The Labute approximate surface area is 158 Å². The molecule has 0 radical (unpaired) electrons. The monoisotopic (exact) mass is 435 g/mol. The maximum absolute atomic E-state index is 13.4. The van der Waals surface area contributed by atoms with Gasteiger partial charge in [0.15, 0.2) is 0 Å². The van der Waals surface area contributed by atoms with Crippen LogP contribution < -0.4 is 10.1 Å². The lowest BCUT2D eigenvalue weighted by Gasteiger charge is -2.32. The average Bonchev–Trinajstić information content (AvgIpc) is 2.50. The minimum Gasteiger partial charge on any atom is -0.497 e. The molecule has 0 aliphatic rings. The number of nitrogens with one attached hydrogen (secondary N) is 1. The first-order valence-electron chi connectivity index (χ1n) is 8.10. The third-order valence-electron chi connectivity index (χ3n) is 3.13. The fourth-order valence-corrected chi connectivity index (χ4v) is 5.34. The molecule has 0 spiro atoms. The van der Waals surface area contributed by atoms with Crippen molar-refractivity contribution >= 4 is 29.4 Å². The zero-order valence-corrected chi connectivity index (χ0v) is 18.0. The van der Waals surface area contributed by atoms with Gasteiger partial charge in [-0.25, -0.2) is 0 Å². The maximum Gasteiger partial charge on any atom is 0.347 e. The Balaban J connectivity index is 3.24. The smallest absolute Gasteiger partial charge is 0.347 e. The molecule has 0 aromatic heterocycles. The van der Waals surface area contributed by atoms with Gasteiger partial charge in [-0.1, -0.05) is 28.1 Å². The topological polar surface area (TPSA) is 73.9 Å². The van der Waals surface area contributed by atoms with Crippen LogP contribution in [0.4, 0.5) is 0 Å². The molecular weight excluding hydrogens is 409 g/mol. The van der Waals surface area contributed by atoms with Crippen molar-refractivity contribution < 1.29 is 23.1 Å². The zero-order chi connectivity index (χ0) is 19.2. The van der Waals surface area contributed by atoms with Crippen LogP contribution in [0.5, 0.6) is 5.75 Å². The molecule has 8 heteroatoms. The van der Waals surface area contributed by atoms with E-state index >= 15 is 0 Å². The molecule has 0 saturated heterocycles. The van der Waals surface area contributed by atoms with Crippen molar-refractivity contribution in [3.05, 3.63) is 29.8 Å². The number of halogens is 1. The van der Waals surface area contributed by atoms with Crippen molar-refractivity contribution in [2.24, 2.45) is 0 Å². The predicted molar refractivity (Wildman–Crippen MR) is 102 cm³/mol. The number of ether oxygens (including phenoxy) is 1. The highest BCUT2D eigenvalue weighted by Gasteiger charge is 2.42. The fraction of sp³-hybridized carbons (Fsp3) is 0.588. The molecule has 1 aromatic carbocycles. The van der Waals surface area contributed by atoms with Gasteiger partial charge in [-0.15, -0.1) is 0 Å². The number of alkyl halides is 1. The Hall–Kier alpha value is -0.880. The molecule has 1 rings (SSSR count). The highest BCUT2D eigenvalue weighted by atomic mass is 79.9. The van der Waals surface area contributed by atoms with Gasteiger partial charge in [-0.3, -0.25) is 9.36 Å². The first kappa shape index (κ1) is 22.2. The van der Waals surface area contributed by atoms with Gasteiger partial charge in [-0.05, 0) is 45.4 Å². The lowest BCUT2D eigenvalue weighted by molar-refractivity contribution is -0.119. The second kappa shape index (κ2) is 9.72. The van der Waals surface area contributed by atoms with Crippen molar-refractivity contribution in [3.8, 4) is 5.75 Å². The summed E-state index contributed by atoms with van der Waals surface area (Å²) in [4.78, 5) is 11.7. The second-order valence-electron chi connectivity index (χ2n) is 6.17. The van der Waals surface area contributed by atoms with Crippen LogP contribution in [0.25, 0.3) is 0 Å². The van der Waals surface area contributed by atoms with Gasteiger partial charge in [0.25, 0.3) is 0 Å². The van der Waals surface area contributed by atoms with E-state index in [0.29, 0.717) is 5.75 Å². The van der Waals surface area contributed by atoms with E-state index in [1.165, 1.54) is 6.92 Å². The lowest BCUT2D eigenvalue weighted by Crippen LogP contribution is -2.33. The first-order valence-corrected chi connectivity index (χ1v) is 10.6. The summed E-state index contributed by atoms with van der Waals surface area (Å²) >= 11 is 3.47. The zero-order valence-electron chi connectivity index (χ0n) is 15.5. The molecule has 1 amide bonds. The van der Waals surface area contributed by atoms with E-state index in [-0.39, 0.29) is 18.1 Å². The van der Waals surface area contributed by atoms with Crippen LogP contribution in [0.3, 0.4) is 0 Å². The molecule has 0 bridgehead atoms. The van der Waals surface area contributed by atoms with Gasteiger partial charge < -0.3 is 19.1 Å². The Morgan fingerprint density at radius 3 is 1.92 bits per heavy atom. The van der Waals surface area contributed by atoms with E-state index < -0.39 is 18.2 Å². The van der Waals surface area contributed by atoms with Gasteiger partial charge >= 0.3 is 7.60 Å². The number of hydrogen-bond donors (Lipinski definition) is 1. The van der Waals surface area contributed by atoms with Gasteiger partial charge in [0.05, 0.1) is 25.4 Å². The van der Waals surface area contributed by atoms with Crippen LogP contribution >= 0.6 is 23.5 Å². The molecule has 0 saturated carbocycles. The van der Waals surface area contributed by atoms with Crippen molar-refractivity contribution in [2.45, 2.75) is 57.4 Å². The van der Waals surface area contributed by atoms with Crippen LogP contribution in [-0.4, -0.2) is 29.8 Å². The summed E-state index contributed by atoms with van der Waals surface area (Å²) in [5.41, 5.74) is 0.762. The van der Waals surface area contributed by atoms with Crippen LogP contribution in [-0.2, 0) is 18.4 Å². The molecule has 2 atom stereocenters. The fourth-order valence-electron chi connectivity index (χ4n) is 2.25. The molecule has 0 aliphatic carbocycles. The molecule has 2 unspecified atom stereocenters. The van der Waals surface area contributed by atoms with Gasteiger partial charge in [0.2, 0.25) is 5.91 Å². The molecular formula is C17H27BrNO5P. The number of carbonyl (C=O) groups is 1. The average molecular weight is 436 g/mol. The number of carbonyl (C=O) groups excluding carboxylic acids is 1. The Bertz CT molecular complexity index is 592. The van der Waals surface area contributed by atoms with Gasteiger partial charge in [0, 0.05) is 6.92 Å². The van der Waals surface area contributed by atoms with E-state index in [0.717, 1.165) is 5.56 Å². The summed E-state index contributed by atoms with van der Waals surface area (Å²) in [6, 6.07) is 6.58. The van der Waals surface area contributed by atoms with Crippen LogP contribution in [0.15, 0.2) is 24.3 Å². The van der Waals surface area contributed by atoms with Crippen LogP contribution in [0.2, 0.25) is 0 Å².